The van der Waals surface area contributed by atoms with E-state index in [2.05, 4.69) is 9.97 Å². The van der Waals surface area contributed by atoms with Crippen LogP contribution in [0.25, 0.3) is 11.2 Å². The van der Waals surface area contributed by atoms with Gasteiger partial charge in [0.25, 0.3) is 0 Å². The first-order valence-electron chi connectivity index (χ1n) is 10.5. The molecule has 0 aliphatic carbocycles. The average Bonchev–Trinajstić information content (AvgIpc) is 3.49. The number of carbonyl (C=O) groups excluding carboxylic acids is 3. The number of hydrogen-bond acceptors (Lipinski definition) is 12. The maximum atomic E-state index is 13.6. The molecule has 3 aromatic heterocycles. The summed E-state index contributed by atoms with van der Waals surface area (Å²) in [6.07, 6.45) is -0.883. The lowest BCUT2D eigenvalue weighted by Crippen LogP contribution is -2.33. The van der Waals surface area contributed by atoms with Crippen LogP contribution >= 0.6 is 11.3 Å². The summed E-state index contributed by atoms with van der Waals surface area (Å²) < 4.78 is 23.9. The minimum atomic E-state index is -1.04. The number of nitrogen functional groups attached to an aromatic ring is 1. The molecule has 1 aliphatic rings. The topological polar surface area (TPSA) is 167 Å². The Labute approximate surface area is 202 Å². The molecule has 0 bridgehead atoms. The van der Waals surface area contributed by atoms with Gasteiger partial charge in [0.15, 0.2) is 11.9 Å². The Kier molecular flexibility index (Phi) is 6.84. The normalized spacial score (nSPS) is 19.6. The summed E-state index contributed by atoms with van der Waals surface area (Å²) in [5.74, 6) is -1.59. The van der Waals surface area contributed by atoms with Gasteiger partial charge >= 0.3 is 23.6 Å². The smallest absolute Gasteiger partial charge is 0.348 e. The third-order valence-corrected chi connectivity index (χ3v) is 6.33. The molecule has 1 fully saturated rings. The number of anilines is 1. The summed E-state index contributed by atoms with van der Waals surface area (Å²) in [6.45, 7) is 2.56. The Morgan fingerprint density at radius 3 is 2.71 bits per heavy atom. The van der Waals surface area contributed by atoms with Crippen molar-refractivity contribution in [3.63, 3.8) is 0 Å². The zero-order valence-corrected chi connectivity index (χ0v) is 19.9. The largest absolute Gasteiger partial charge is 0.465 e. The van der Waals surface area contributed by atoms with Crippen molar-refractivity contribution in [3.8, 4) is 0 Å². The molecule has 1 aliphatic heterocycles. The number of carbonyl (C=O) groups is 3. The zero-order valence-electron chi connectivity index (χ0n) is 19.1. The Balaban J connectivity index is 1.76. The number of methoxy groups -OCH3 is 1. The van der Waals surface area contributed by atoms with Gasteiger partial charge in [0, 0.05) is 25.1 Å². The van der Waals surface area contributed by atoms with Crippen molar-refractivity contribution >= 4 is 46.4 Å². The van der Waals surface area contributed by atoms with E-state index >= 15 is 0 Å². The molecule has 3 aromatic rings. The second-order valence-corrected chi connectivity index (χ2v) is 8.94. The quantitative estimate of drug-likeness (QED) is 0.357. The van der Waals surface area contributed by atoms with Crippen LogP contribution in [0.15, 0.2) is 23.1 Å². The summed E-state index contributed by atoms with van der Waals surface area (Å²) >= 11 is 1.18. The lowest BCUT2D eigenvalue weighted by Gasteiger charge is -2.19. The molecule has 13 nitrogen and oxygen atoms in total. The zero-order chi connectivity index (χ0) is 25.3. The van der Waals surface area contributed by atoms with Crippen LogP contribution in [0, 0.1) is 0 Å². The fraction of sp³-hybridized carbons (Fsp3) is 0.429. The highest BCUT2D eigenvalue weighted by Crippen LogP contribution is 2.33. The highest BCUT2D eigenvalue weighted by Gasteiger charge is 2.41. The van der Waals surface area contributed by atoms with Gasteiger partial charge in [0.2, 0.25) is 5.95 Å². The molecule has 186 valence electrons. The predicted octanol–water partition coefficient (Wildman–Crippen LogP) is 0.854. The molecule has 0 aromatic carbocycles. The number of rotatable bonds is 7. The number of esters is 3. The lowest BCUT2D eigenvalue weighted by atomic mass is 10.2. The van der Waals surface area contributed by atoms with E-state index in [0.29, 0.717) is 15.3 Å². The van der Waals surface area contributed by atoms with Gasteiger partial charge < -0.3 is 24.7 Å². The minimum Gasteiger partial charge on any atom is -0.465 e. The summed E-state index contributed by atoms with van der Waals surface area (Å²) in [5.41, 5.74) is 5.84. The maximum absolute atomic E-state index is 13.6. The number of fused-ring (bicyclic) bond motifs is 1. The SMILES string of the molecule is COC(=O)c1ccc(Cn2c(=O)n([C@@H]3O[C@H](COC(C)=O)C[C@H]3OC(C)=O)c3nc(N)ncc32)s1. The van der Waals surface area contributed by atoms with Crippen LogP contribution in [0.3, 0.4) is 0 Å². The standard InChI is InChI=1S/C21H23N5O8S/c1-10(27)32-9-12-6-15(33-11(2)28)18(34-12)26-17-14(7-23-20(22)24-17)25(21(26)30)8-13-4-5-16(35-13)19(29)31-3/h4-5,7,12,15,18H,6,8-9H2,1-3H3,(H2,22,23,24)/t12-,15+,18+/m0/s1. The highest BCUT2D eigenvalue weighted by molar-refractivity contribution is 7.13. The molecule has 0 unspecified atom stereocenters. The lowest BCUT2D eigenvalue weighted by molar-refractivity contribution is -0.153. The Hall–Kier alpha value is -3.78. The van der Waals surface area contributed by atoms with Gasteiger partial charge in [-0.15, -0.1) is 11.3 Å². The first-order chi connectivity index (χ1) is 16.7. The molecule has 0 radical (unpaired) electrons. The van der Waals surface area contributed by atoms with E-state index in [9.17, 15) is 19.2 Å². The second kappa shape index (κ2) is 9.84. The van der Waals surface area contributed by atoms with E-state index in [1.807, 2.05) is 0 Å². The fourth-order valence-corrected chi connectivity index (χ4v) is 4.78. The van der Waals surface area contributed by atoms with Crippen molar-refractivity contribution < 1.29 is 33.3 Å². The van der Waals surface area contributed by atoms with Crippen LogP contribution < -0.4 is 11.4 Å². The van der Waals surface area contributed by atoms with Gasteiger partial charge in [-0.2, -0.15) is 4.98 Å². The van der Waals surface area contributed by atoms with Crippen molar-refractivity contribution in [3.05, 3.63) is 38.6 Å². The summed E-state index contributed by atoms with van der Waals surface area (Å²) in [6, 6.07) is 3.33. The minimum absolute atomic E-state index is 0.0639. The van der Waals surface area contributed by atoms with Crippen molar-refractivity contribution in [2.75, 3.05) is 19.5 Å². The monoisotopic (exact) mass is 505 g/mol. The van der Waals surface area contributed by atoms with E-state index < -0.39 is 42.0 Å². The Morgan fingerprint density at radius 2 is 2.03 bits per heavy atom. The highest BCUT2D eigenvalue weighted by atomic mass is 32.1. The van der Waals surface area contributed by atoms with Crippen LogP contribution in [0.4, 0.5) is 5.95 Å². The molecule has 0 spiro atoms. The molecule has 3 atom stereocenters. The molecule has 4 rings (SSSR count). The molecule has 35 heavy (non-hydrogen) atoms. The van der Waals surface area contributed by atoms with E-state index in [0.717, 1.165) is 0 Å². The molecule has 1 saturated heterocycles. The average molecular weight is 506 g/mol. The molecular formula is C21H23N5O8S. The second-order valence-electron chi connectivity index (χ2n) is 7.77. The van der Waals surface area contributed by atoms with Crippen LogP contribution in [0.2, 0.25) is 0 Å². The van der Waals surface area contributed by atoms with Crippen molar-refractivity contribution in [1.29, 1.82) is 0 Å². The molecule has 14 heteroatoms. The first kappa shape index (κ1) is 24.3. The van der Waals surface area contributed by atoms with Gasteiger partial charge in [-0.25, -0.2) is 19.1 Å². The molecular weight excluding hydrogens is 482 g/mol. The third-order valence-electron chi connectivity index (χ3n) is 5.28. The van der Waals surface area contributed by atoms with Gasteiger partial charge in [-0.3, -0.25) is 14.2 Å². The van der Waals surface area contributed by atoms with Crippen LogP contribution in [0.5, 0.6) is 0 Å². The van der Waals surface area contributed by atoms with E-state index in [4.69, 9.17) is 24.7 Å². The summed E-state index contributed by atoms with van der Waals surface area (Å²) in [7, 11) is 1.29. The van der Waals surface area contributed by atoms with Crippen molar-refractivity contribution in [2.24, 2.45) is 0 Å². The Bertz CT molecular complexity index is 1350. The van der Waals surface area contributed by atoms with Gasteiger partial charge in [-0.05, 0) is 12.1 Å². The van der Waals surface area contributed by atoms with Crippen LogP contribution in [-0.4, -0.2) is 62.9 Å². The number of imidazole rings is 1. The van der Waals surface area contributed by atoms with E-state index in [1.54, 1.807) is 12.1 Å². The van der Waals surface area contributed by atoms with E-state index in [1.165, 1.54) is 47.6 Å². The molecule has 0 saturated carbocycles. The third kappa shape index (κ3) is 5.02. The van der Waals surface area contributed by atoms with Crippen molar-refractivity contribution in [1.82, 2.24) is 19.1 Å². The summed E-state index contributed by atoms with van der Waals surface area (Å²) in [4.78, 5) is 57.8. The maximum Gasteiger partial charge on any atom is 0.348 e. The summed E-state index contributed by atoms with van der Waals surface area (Å²) in [5, 5.41) is 0. The number of nitrogens with two attached hydrogens (primary N) is 1. The molecule has 4 heterocycles. The van der Waals surface area contributed by atoms with Gasteiger partial charge in [0.1, 0.15) is 23.1 Å². The number of hydrogen-bond donors (Lipinski definition) is 1. The Morgan fingerprint density at radius 1 is 1.26 bits per heavy atom. The number of ether oxygens (including phenoxy) is 4. The fourth-order valence-electron chi connectivity index (χ4n) is 3.86. The number of nitrogens with zero attached hydrogens (tertiary/aromatic N) is 4. The molecule has 2 N–H and O–H groups in total. The van der Waals surface area contributed by atoms with Gasteiger partial charge in [-0.1, -0.05) is 0 Å². The number of thiophene rings is 1. The molecule has 0 amide bonds. The van der Waals surface area contributed by atoms with Crippen LogP contribution in [0.1, 0.15) is 41.0 Å². The van der Waals surface area contributed by atoms with Crippen molar-refractivity contribution in [2.45, 2.75) is 45.2 Å². The predicted molar refractivity (Wildman–Crippen MR) is 122 cm³/mol. The van der Waals surface area contributed by atoms with E-state index in [-0.39, 0.29) is 31.2 Å². The first-order valence-corrected chi connectivity index (χ1v) is 11.4. The van der Waals surface area contributed by atoms with Gasteiger partial charge in [0.05, 0.1) is 26.0 Å². The number of aromatic nitrogens is 4. The van der Waals surface area contributed by atoms with Crippen LogP contribution in [-0.2, 0) is 35.1 Å².